The summed E-state index contributed by atoms with van der Waals surface area (Å²) < 4.78 is 13.2. The molecule has 116 valence electrons. The van der Waals surface area contributed by atoms with Crippen LogP contribution in [0.1, 0.15) is 12.0 Å². The van der Waals surface area contributed by atoms with Crippen molar-refractivity contribution in [2.45, 2.75) is 31.6 Å². The van der Waals surface area contributed by atoms with Crippen LogP contribution < -0.4 is 0 Å². The van der Waals surface area contributed by atoms with Gasteiger partial charge in [0.25, 0.3) is 0 Å². The summed E-state index contributed by atoms with van der Waals surface area (Å²) in [5.74, 6) is -0.256. The maximum absolute atomic E-state index is 13.2. The Kier molecular flexibility index (Phi) is 3.59. The van der Waals surface area contributed by atoms with E-state index < -0.39 is 0 Å². The van der Waals surface area contributed by atoms with Crippen molar-refractivity contribution < 1.29 is 4.39 Å². The zero-order chi connectivity index (χ0) is 14.9. The molecule has 5 rings (SSSR count). The predicted octanol–water partition coefficient (Wildman–Crippen LogP) is 0.771. The normalized spacial score (nSPS) is 25.1. The van der Waals surface area contributed by atoms with Crippen LogP contribution in [0, 0.1) is 5.82 Å². The molecule has 2 aromatic rings. The summed E-state index contributed by atoms with van der Waals surface area (Å²) in [4.78, 5) is 10.6. The lowest BCUT2D eigenvalue weighted by molar-refractivity contribution is -0.0738. The number of aromatic nitrogens is 4. The highest BCUT2D eigenvalue weighted by Gasteiger charge is 2.43. The molecule has 3 aliphatic heterocycles. The first-order valence-corrected chi connectivity index (χ1v) is 7.69. The van der Waals surface area contributed by atoms with Gasteiger partial charge in [0, 0.05) is 44.5 Å². The Bertz CT molecular complexity index is 619. The lowest BCUT2D eigenvalue weighted by Gasteiger charge is -2.56. The second-order valence-electron chi connectivity index (χ2n) is 6.11. The molecule has 5 heterocycles. The van der Waals surface area contributed by atoms with E-state index in [2.05, 4.69) is 25.0 Å². The van der Waals surface area contributed by atoms with Gasteiger partial charge in [-0.15, -0.1) is 0 Å². The first-order chi connectivity index (χ1) is 10.8. The average Bonchev–Trinajstić information content (AvgIpc) is 3.01. The molecule has 6 nitrogen and oxygen atoms in total. The quantitative estimate of drug-likeness (QED) is 0.816. The Morgan fingerprint density at radius 3 is 2.59 bits per heavy atom. The minimum absolute atomic E-state index is 0.256. The molecule has 2 bridgehead atoms. The van der Waals surface area contributed by atoms with Crippen LogP contribution in [-0.4, -0.2) is 61.5 Å². The van der Waals surface area contributed by atoms with Gasteiger partial charge in [-0.25, -0.2) is 4.39 Å². The molecule has 0 radical (unpaired) electrons. The topological polar surface area (TPSA) is 50.1 Å². The molecular formula is C15H19FN6. The van der Waals surface area contributed by atoms with Gasteiger partial charge in [-0.2, -0.15) is 15.0 Å². The number of hydrogen-bond acceptors (Lipinski definition) is 5. The lowest BCUT2D eigenvalue weighted by Crippen LogP contribution is -2.68. The Balaban J connectivity index is 1.30. The molecule has 3 saturated heterocycles. The molecule has 3 aliphatic rings. The van der Waals surface area contributed by atoms with E-state index in [0.29, 0.717) is 12.1 Å². The van der Waals surface area contributed by atoms with E-state index in [9.17, 15) is 4.39 Å². The fourth-order valence-electron chi connectivity index (χ4n) is 3.63. The van der Waals surface area contributed by atoms with Gasteiger partial charge in [-0.1, -0.05) is 0 Å². The maximum atomic E-state index is 13.2. The van der Waals surface area contributed by atoms with Crippen molar-refractivity contribution in [3.63, 3.8) is 0 Å². The zero-order valence-corrected chi connectivity index (χ0v) is 12.3. The van der Waals surface area contributed by atoms with Crippen LogP contribution in [0.3, 0.4) is 0 Å². The summed E-state index contributed by atoms with van der Waals surface area (Å²) in [7, 11) is 0. The summed E-state index contributed by atoms with van der Waals surface area (Å²) in [6, 6.07) is 2.79. The first kappa shape index (κ1) is 13.8. The number of nitrogens with zero attached hydrogens (tertiary/aromatic N) is 6. The lowest BCUT2D eigenvalue weighted by atomic mass is 9.87. The molecule has 0 spiro atoms. The third-order valence-corrected chi connectivity index (χ3v) is 4.61. The van der Waals surface area contributed by atoms with Gasteiger partial charge < -0.3 is 0 Å². The molecule has 22 heavy (non-hydrogen) atoms. The van der Waals surface area contributed by atoms with Gasteiger partial charge in [0.05, 0.1) is 25.1 Å². The molecular weight excluding hydrogens is 283 g/mol. The fourth-order valence-corrected chi connectivity index (χ4v) is 3.63. The van der Waals surface area contributed by atoms with Crippen LogP contribution in [0.2, 0.25) is 0 Å². The predicted molar refractivity (Wildman–Crippen MR) is 78.4 cm³/mol. The van der Waals surface area contributed by atoms with Crippen molar-refractivity contribution in [1.29, 1.82) is 0 Å². The Labute approximate surface area is 128 Å². The third kappa shape index (κ3) is 2.74. The number of rotatable bonds is 5. The molecule has 7 heteroatoms. The number of piperazine rings is 1. The highest BCUT2D eigenvalue weighted by Crippen LogP contribution is 2.32. The van der Waals surface area contributed by atoms with E-state index >= 15 is 0 Å². The summed E-state index contributed by atoms with van der Waals surface area (Å²) in [6.45, 7) is 4.71. The van der Waals surface area contributed by atoms with E-state index in [1.54, 1.807) is 29.5 Å². The minimum Gasteiger partial charge on any atom is -0.296 e. The van der Waals surface area contributed by atoms with Crippen molar-refractivity contribution in [1.82, 2.24) is 29.8 Å². The number of fused-ring (bicyclic) bond motifs is 2. The monoisotopic (exact) mass is 302 g/mol. The molecule has 2 unspecified atom stereocenters. The number of hydrogen-bond donors (Lipinski definition) is 0. The second-order valence-corrected chi connectivity index (χ2v) is 6.11. The Hall–Kier alpha value is -1.86. The summed E-state index contributed by atoms with van der Waals surface area (Å²) in [5.41, 5.74) is 0.952. The van der Waals surface area contributed by atoms with Crippen LogP contribution in [0.5, 0.6) is 0 Å². The molecule has 2 aromatic heterocycles. The van der Waals surface area contributed by atoms with Gasteiger partial charge in [-0.05, 0) is 18.1 Å². The minimum atomic E-state index is -0.256. The van der Waals surface area contributed by atoms with E-state index in [0.717, 1.165) is 38.3 Å². The van der Waals surface area contributed by atoms with E-state index in [-0.39, 0.29) is 5.82 Å². The molecule has 2 atom stereocenters. The summed E-state index contributed by atoms with van der Waals surface area (Å²) in [5, 5.41) is 8.29. The molecule has 0 saturated carbocycles. The highest BCUT2D eigenvalue weighted by atomic mass is 19.1. The first-order valence-electron chi connectivity index (χ1n) is 7.69. The van der Waals surface area contributed by atoms with Crippen LogP contribution in [-0.2, 0) is 13.1 Å². The number of pyridine rings is 1. The number of halogens is 1. The van der Waals surface area contributed by atoms with Crippen LogP contribution in [0.15, 0.2) is 30.9 Å². The van der Waals surface area contributed by atoms with Crippen molar-refractivity contribution in [3.8, 4) is 0 Å². The van der Waals surface area contributed by atoms with Gasteiger partial charge in [0.1, 0.15) is 5.82 Å². The van der Waals surface area contributed by atoms with Crippen molar-refractivity contribution in [2.75, 3.05) is 19.6 Å². The summed E-state index contributed by atoms with van der Waals surface area (Å²) >= 11 is 0. The van der Waals surface area contributed by atoms with Gasteiger partial charge >= 0.3 is 0 Å². The van der Waals surface area contributed by atoms with Crippen molar-refractivity contribution in [3.05, 3.63) is 42.2 Å². The maximum Gasteiger partial charge on any atom is 0.141 e. The molecule has 0 aromatic carbocycles. The Morgan fingerprint density at radius 2 is 1.86 bits per heavy atom. The van der Waals surface area contributed by atoms with Gasteiger partial charge in [-0.3, -0.25) is 14.8 Å². The van der Waals surface area contributed by atoms with Crippen LogP contribution in [0.4, 0.5) is 4.39 Å². The van der Waals surface area contributed by atoms with E-state index in [1.165, 1.54) is 12.6 Å². The molecule has 0 N–H and O–H groups in total. The summed E-state index contributed by atoms with van der Waals surface area (Å²) in [6.07, 6.45) is 7.70. The smallest absolute Gasteiger partial charge is 0.141 e. The molecule has 0 aliphatic carbocycles. The van der Waals surface area contributed by atoms with Crippen LogP contribution in [0.25, 0.3) is 0 Å². The van der Waals surface area contributed by atoms with Gasteiger partial charge in [0.15, 0.2) is 0 Å². The highest BCUT2D eigenvalue weighted by molar-refractivity contribution is 5.11. The Morgan fingerprint density at radius 1 is 1.09 bits per heavy atom. The van der Waals surface area contributed by atoms with Crippen molar-refractivity contribution in [2.24, 2.45) is 0 Å². The van der Waals surface area contributed by atoms with E-state index in [1.807, 2.05) is 0 Å². The molecule has 3 fully saturated rings. The van der Waals surface area contributed by atoms with Crippen molar-refractivity contribution >= 4 is 0 Å². The third-order valence-electron chi connectivity index (χ3n) is 4.61. The fraction of sp³-hybridized carbons (Fsp3) is 0.533. The SMILES string of the molecule is Fc1cncc(CN2CC3CC(C2)N3CCn2nccn2)c1. The molecule has 0 amide bonds. The number of piperidine rings is 1. The largest absolute Gasteiger partial charge is 0.296 e. The average molecular weight is 302 g/mol. The van der Waals surface area contributed by atoms with Crippen LogP contribution >= 0.6 is 0 Å². The van der Waals surface area contributed by atoms with Gasteiger partial charge in [0.2, 0.25) is 0 Å². The second kappa shape index (κ2) is 5.73. The van der Waals surface area contributed by atoms with E-state index in [4.69, 9.17) is 0 Å². The standard InChI is InChI=1S/C15H19FN6/c16-13-5-12(7-17-8-13)9-20-10-14-6-15(11-20)21(14)3-4-22-18-1-2-19-22/h1-2,5,7-8,14-15H,3-4,6,9-11H2. The zero-order valence-electron chi connectivity index (χ0n) is 12.3.